The van der Waals surface area contributed by atoms with E-state index in [-0.39, 0.29) is 5.82 Å². The summed E-state index contributed by atoms with van der Waals surface area (Å²) in [4.78, 5) is 0. The van der Waals surface area contributed by atoms with Crippen LogP contribution in [0.15, 0.2) is 24.3 Å². The van der Waals surface area contributed by atoms with Gasteiger partial charge in [-0.1, -0.05) is 12.1 Å². The van der Waals surface area contributed by atoms with Gasteiger partial charge >= 0.3 is 0 Å². The summed E-state index contributed by atoms with van der Waals surface area (Å²) in [5.41, 5.74) is 1.16. The van der Waals surface area contributed by atoms with Crippen LogP contribution in [0, 0.1) is 5.82 Å². The van der Waals surface area contributed by atoms with Crippen LogP contribution in [0.3, 0.4) is 0 Å². The van der Waals surface area contributed by atoms with Gasteiger partial charge in [-0.05, 0) is 56.0 Å². The molecule has 0 spiro atoms. The maximum atomic E-state index is 13.0. The molecule has 1 heterocycles. The lowest BCUT2D eigenvalue weighted by Crippen LogP contribution is -2.13. The van der Waals surface area contributed by atoms with E-state index in [1.807, 2.05) is 12.1 Å². The van der Waals surface area contributed by atoms with Gasteiger partial charge in [0.1, 0.15) is 5.82 Å². The standard InChI is InChI=1S/C12H16FN/c13-12-5-1-3-11(9-12)10-4-2-7-14-8-6-10/h1,3,5,9-10,14H,2,4,6-8H2. The quantitative estimate of drug-likeness (QED) is 0.723. The predicted molar refractivity (Wildman–Crippen MR) is 55.9 cm³/mol. The maximum absolute atomic E-state index is 13.0. The monoisotopic (exact) mass is 193 g/mol. The van der Waals surface area contributed by atoms with E-state index >= 15 is 0 Å². The highest BCUT2D eigenvalue weighted by molar-refractivity contribution is 5.20. The van der Waals surface area contributed by atoms with Crippen molar-refractivity contribution in [3.8, 4) is 0 Å². The first-order chi connectivity index (χ1) is 6.86. The number of nitrogens with one attached hydrogen (secondary N) is 1. The third-order valence-corrected chi connectivity index (χ3v) is 2.90. The molecule has 1 atom stereocenters. The molecule has 2 heteroatoms. The SMILES string of the molecule is Fc1cccc(C2CCCNCC2)c1. The van der Waals surface area contributed by atoms with Crippen molar-refractivity contribution >= 4 is 0 Å². The topological polar surface area (TPSA) is 12.0 Å². The van der Waals surface area contributed by atoms with Gasteiger partial charge in [0.15, 0.2) is 0 Å². The predicted octanol–water partition coefficient (Wildman–Crippen LogP) is 2.68. The molecule has 0 aromatic heterocycles. The number of hydrogen-bond donors (Lipinski definition) is 1. The van der Waals surface area contributed by atoms with E-state index in [9.17, 15) is 4.39 Å². The van der Waals surface area contributed by atoms with Crippen LogP contribution < -0.4 is 5.32 Å². The fourth-order valence-corrected chi connectivity index (χ4v) is 2.11. The zero-order valence-corrected chi connectivity index (χ0v) is 8.30. The average Bonchev–Trinajstić information content (AvgIpc) is 2.45. The first kappa shape index (κ1) is 9.66. The minimum Gasteiger partial charge on any atom is -0.317 e. The molecule has 0 amide bonds. The molecule has 0 saturated carbocycles. The zero-order chi connectivity index (χ0) is 9.80. The van der Waals surface area contributed by atoms with Gasteiger partial charge < -0.3 is 5.32 Å². The van der Waals surface area contributed by atoms with E-state index in [1.54, 1.807) is 6.07 Å². The van der Waals surface area contributed by atoms with Crippen LogP contribution in [0.5, 0.6) is 0 Å². The fourth-order valence-electron chi connectivity index (χ4n) is 2.11. The molecule has 1 nitrogen and oxygen atoms in total. The lowest BCUT2D eigenvalue weighted by atomic mass is 9.92. The number of hydrogen-bond acceptors (Lipinski definition) is 1. The molecule has 1 fully saturated rings. The van der Waals surface area contributed by atoms with E-state index in [0.717, 1.165) is 25.1 Å². The van der Waals surface area contributed by atoms with Crippen molar-refractivity contribution in [2.75, 3.05) is 13.1 Å². The molecule has 1 N–H and O–H groups in total. The highest BCUT2D eigenvalue weighted by atomic mass is 19.1. The second-order valence-corrected chi connectivity index (χ2v) is 3.93. The largest absolute Gasteiger partial charge is 0.317 e. The third-order valence-electron chi connectivity index (χ3n) is 2.90. The van der Waals surface area contributed by atoms with Crippen LogP contribution in [0.2, 0.25) is 0 Å². The van der Waals surface area contributed by atoms with Gasteiger partial charge in [0.25, 0.3) is 0 Å². The molecular weight excluding hydrogens is 177 g/mol. The molecule has 1 aromatic rings. The summed E-state index contributed by atoms with van der Waals surface area (Å²) in [5, 5.41) is 3.37. The Morgan fingerprint density at radius 2 is 2.14 bits per heavy atom. The van der Waals surface area contributed by atoms with Crippen LogP contribution in [-0.4, -0.2) is 13.1 Å². The van der Waals surface area contributed by atoms with Gasteiger partial charge in [-0.15, -0.1) is 0 Å². The van der Waals surface area contributed by atoms with Crippen LogP contribution in [0.1, 0.15) is 30.7 Å². The molecule has 0 aliphatic carbocycles. The normalized spacial score (nSPS) is 23.1. The Labute approximate surface area is 84.3 Å². The molecule has 0 bridgehead atoms. The Kier molecular flexibility index (Phi) is 3.14. The van der Waals surface area contributed by atoms with Crippen LogP contribution in [0.25, 0.3) is 0 Å². The van der Waals surface area contributed by atoms with Gasteiger partial charge in [0.2, 0.25) is 0 Å². The van der Waals surface area contributed by atoms with Crippen LogP contribution in [-0.2, 0) is 0 Å². The summed E-state index contributed by atoms with van der Waals surface area (Å²) < 4.78 is 13.0. The van der Waals surface area contributed by atoms with Gasteiger partial charge in [0, 0.05) is 0 Å². The fraction of sp³-hybridized carbons (Fsp3) is 0.500. The Morgan fingerprint density at radius 3 is 3.00 bits per heavy atom. The summed E-state index contributed by atoms with van der Waals surface area (Å²) >= 11 is 0. The van der Waals surface area contributed by atoms with Crippen molar-refractivity contribution in [2.45, 2.75) is 25.2 Å². The van der Waals surface area contributed by atoms with Crippen molar-refractivity contribution in [3.63, 3.8) is 0 Å². The highest BCUT2D eigenvalue weighted by Gasteiger charge is 2.13. The number of benzene rings is 1. The number of rotatable bonds is 1. The molecule has 1 unspecified atom stereocenters. The van der Waals surface area contributed by atoms with Crippen LogP contribution >= 0.6 is 0 Å². The van der Waals surface area contributed by atoms with E-state index in [1.165, 1.54) is 18.9 Å². The van der Waals surface area contributed by atoms with E-state index in [2.05, 4.69) is 5.32 Å². The van der Waals surface area contributed by atoms with Crippen molar-refractivity contribution < 1.29 is 4.39 Å². The second kappa shape index (κ2) is 4.56. The summed E-state index contributed by atoms with van der Waals surface area (Å²) in [6.07, 6.45) is 3.50. The van der Waals surface area contributed by atoms with E-state index in [4.69, 9.17) is 0 Å². The number of halogens is 1. The first-order valence-corrected chi connectivity index (χ1v) is 5.32. The minimum absolute atomic E-state index is 0.111. The Hall–Kier alpha value is -0.890. The van der Waals surface area contributed by atoms with Crippen molar-refractivity contribution in [1.82, 2.24) is 5.32 Å². The molecule has 1 aromatic carbocycles. The average molecular weight is 193 g/mol. The smallest absolute Gasteiger partial charge is 0.123 e. The molecular formula is C12H16FN. The first-order valence-electron chi connectivity index (χ1n) is 5.32. The summed E-state index contributed by atoms with van der Waals surface area (Å²) in [5.74, 6) is 0.431. The summed E-state index contributed by atoms with van der Waals surface area (Å²) in [6.45, 7) is 2.16. The van der Waals surface area contributed by atoms with Gasteiger partial charge in [0.05, 0.1) is 0 Å². The Bertz CT molecular complexity index is 290. The van der Waals surface area contributed by atoms with Crippen molar-refractivity contribution in [3.05, 3.63) is 35.6 Å². The third kappa shape index (κ3) is 2.32. The van der Waals surface area contributed by atoms with E-state index in [0.29, 0.717) is 5.92 Å². The lowest BCUT2D eigenvalue weighted by Gasteiger charge is -2.13. The summed E-state index contributed by atoms with van der Waals surface area (Å²) in [7, 11) is 0. The Balaban J connectivity index is 2.12. The van der Waals surface area contributed by atoms with Crippen molar-refractivity contribution in [2.24, 2.45) is 0 Å². The van der Waals surface area contributed by atoms with Crippen LogP contribution in [0.4, 0.5) is 4.39 Å². The lowest BCUT2D eigenvalue weighted by molar-refractivity contribution is 0.590. The molecule has 2 rings (SSSR count). The molecule has 0 radical (unpaired) electrons. The molecule has 1 saturated heterocycles. The minimum atomic E-state index is -0.111. The van der Waals surface area contributed by atoms with Gasteiger partial charge in [-0.3, -0.25) is 0 Å². The molecule has 1 aliphatic heterocycles. The summed E-state index contributed by atoms with van der Waals surface area (Å²) in [6, 6.07) is 7.04. The van der Waals surface area contributed by atoms with E-state index < -0.39 is 0 Å². The molecule has 1 aliphatic rings. The molecule has 14 heavy (non-hydrogen) atoms. The second-order valence-electron chi connectivity index (χ2n) is 3.93. The van der Waals surface area contributed by atoms with Gasteiger partial charge in [-0.2, -0.15) is 0 Å². The highest BCUT2D eigenvalue weighted by Crippen LogP contribution is 2.26. The van der Waals surface area contributed by atoms with Gasteiger partial charge in [-0.25, -0.2) is 4.39 Å². The van der Waals surface area contributed by atoms with Crippen molar-refractivity contribution in [1.29, 1.82) is 0 Å². The maximum Gasteiger partial charge on any atom is 0.123 e. The Morgan fingerprint density at radius 1 is 1.21 bits per heavy atom. The zero-order valence-electron chi connectivity index (χ0n) is 8.30. The molecule has 76 valence electrons.